The minimum atomic E-state index is -1.21. The van der Waals surface area contributed by atoms with Crippen molar-refractivity contribution in [3.63, 3.8) is 0 Å². The molecule has 0 aliphatic carbocycles. The first-order chi connectivity index (χ1) is 11.5. The number of hydrogen-bond acceptors (Lipinski definition) is 5. The number of anilines is 2. The van der Waals surface area contributed by atoms with Crippen molar-refractivity contribution in [1.29, 1.82) is 0 Å². The maximum absolute atomic E-state index is 12.4. The van der Waals surface area contributed by atoms with Crippen molar-refractivity contribution in [2.45, 2.75) is 13.5 Å². The van der Waals surface area contributed by atoms with E-state index < -0.39 is 11.4 Å². The Kier molecular flexibility index (Phi) is 4.26. The number of ether oxygens (including phenoxy) is 1. The smallest absolute Gasteiger partial charge is 0.341 e. The Morgan fingerprint density at radius 1 is 1.33 bits per heavy atom. The van der Waals surface area contributed by atoms with Gasteiger partial charge in [0.1, 0.15) is 16.1 Å². The lowest BCUT2D eigenvalue weighted by atomic mass is 10.2. The van der Waals surface area contributed by atoms with Crippen LogP contribution in [0.3, 0.4) is 0 Å². The zero-order chi connectivity index (χ0) is 17.3. The molecule has 0 fully saturated rings. The maximum Gasteiger partial charge on any atom is 0.341 e. The average Bonchev–Trinajstić information content (AvgIpc) is 3.00. The van der Waals surface area contributed by atoms with Crippen LogP contribution in [0.4, 0.5) is 10.7 Å². The van der Waals surface area contributed by atoms with Crippen molar-refractivity contribution >= 4 is 38.2 Å². The number of nitrogens with zero attached hydrogens (tertiary/aromatic N) is 1. The highest BCUT2D eigenvalue weighted by Gasteiger charge is 2.16. The summed E-state index contributed by atoms with van der Waals surface area (Å²) in [4.78, 5) is 24.4. The van der Waals surface area contributed by atoms with Crippen LogP contribution in [0.1, 0.15) is 17.3 Å². The highest BCUT2D eigenvalue weighted by atomic mass is 32.1. The van der Waals surface area contributed by atoms with Crippen molar-refractivity contribution in [3.05, 3.63) is 52.3 Å². The number of hydrogen-bond donors (Lipinski definition) is 2. The van der Waals surface area contributed by atoms with E-state index in [4.69, 9.17) is 4.74 Å². The van der Waals surface area contributed by atoms with Crippen molar-refractivity contribution in [1.82, 2.24) is 4.57 Å². The molecule has 0 amide bonds. The molecule has 3 aromatic rings. The number of carbonyl (C=O) groups is 1. The third-order valence-corrected chi connectivity index (χ3v) is 4.76. The SMILES string of the molecule is CCn1cc(C(=O)O)c(=O)c2cc(Nc3ccc(OC)cc3)sc21. The fraction of sp³-hybridized carbons (Fsp3) is 0.176. The van der Waals surface area contributed by atoms with E-state index in [1.807, 2.05) is 31.2 Å². The predicted octanol–water partition coefficient (Wildman–Crippen LogP) is 3.53. The molecule has 0 bridgehead atoms. The molecule has 0 spiro atoms. The number of carboxylic acids is 1. The fourth-order valence-electron chi connectivity index (χ4n) is 2.44. The first-order valence-corrected chi connectivity index (χ1v) is 8.16. The van der Waals surface area contributed by atoms with Gasteiger partial charge in [0.25, 0.3) is 0 Å². The molecule has 1 aromatic carbocycles. The van der Waals surface area contributed by atoms with Crippen LogP contribution >= 0.6 is 11.3 Å². The zero-order valence-corrected chi connectivity index (χ0v) is 14.0. The van der Waals surface area contributed by atoms with E-state index in [1.54, 1.807) is 17.7 Å². The summed E-state index contributed by atoms with van der Waals surface area (Å²) in [6.45, 7) is 2.49. The summed E-state index contributed by atoms with van der Waals surface area (Å²) in [7, 11) is 1.60. The molecular weight excluding hydrogens is 328 g/mol. The van der Waals surface area contributed by atoms with E-state index in [2.05, 4.69) is 5.32 Å². The number of pyridine rings is 1. The van der Waals surface area contributed by atoms with Crippen LogP contribution in [-0.4, -0.2) is 22.8 Å². The lowest BCUT2D eigenvalue weighted by Crippen LogP contribution is -2.17. The van der Waals surface area contributed by atoms with Crippen molar-refractivity contribution in [2.24, 2.45) is 0 Å². The van der Waals surface area contributed by atoms with Crippen LogP contribution in [0.2, 0.25) is 0 Å². The third kappa shape index (κ3) is 2.85. The van der Waals surface area contributed by atoms with Crippen LogP contribution in [0.5, 0.6) is 5.75 Å². The van der Waals surface area contributed by atoms with Crippen LogP contribution in [-0.2, 0) is 6.54 Å². The number of carboxylic acid groups (broad SMARTS) is 1. The number of aryl methyl sites for hydroxylation is 1. The zero-order valence-electron chi connectivity index (χ0n) is 13.2. The summed E-state index contributed by atoms with van der Waals surface area (Å²) in [5.41, 5.74) is 0.190. The summed E-state index contributed by atoms with van der Waals surface area (Å²) < 4.78 is 6.91. The Bertz CT molecular complexity index is 957. The molecular formula is C17H16N2O4S. The van der Waals surface area contributed by atoms with Crippen molar-refractivity contribution in [2.75, 3.05) is 12.4 Å². The summed E-state index contributed by atoms with van der Waals surface area (Å²) in [6, 6.07) is 9.12. The second kappa shape index (κ2) is 6.37. The Morgan fingerprint density at radius 2 is 2.04 bits per heavy atom. The molecule has 6 nitrogen and oxygen atoms in total. The largest absolute Gasteiger partial charge is 0.497 e. The van der Waals surface area contributed by atoms with Crippen LogP contribution in [0.15, 0.2) is 41.3 Å². The molecule has 2 N–H and O–H groups in total. The third-order valence-electron chi connectivity index (χ3n) is 3.68. The number of rotatable bonds is 5. The minimum Gasteiger partial charge on any atom is -0.497 e. The fourth-order valence-corrected chi connectivity index (χ4v) is 3.56. The first kappa shape index (κ1) is 16.1. The van der Waals surface area contributed by atoms with Gasteiger partial charge in [0.05, 0.1) is 17.5 Å². The molecule has 7 heteroatoms. The van der Waals surface area contributed by atoms with Crippen molar-refractivity contribution in [3.8, 4) is 5.75 Å². The Balaban J connectivity index is 2.05. The molecule has 0 saturated carbocycles. The van der Waals surface area contributed by atoms with Gasteiger partial charge in [-0.15, -0.1) is 0 Å². The summed E-state index contributed by atoms with van der Waals surface area (Å²) in [6.07, 6.45) is 1.40. The second-order valence-electron chi connectivity index (χ2n) is 5.15. The van der Waals surface area contributed by atoms with Crippen LogP contribution < -0.4 is 15.5 Å². The average molecular weight is 344 g/mol. The van der Waals surface area contributed by atoms with Crippen LogP contribution in [0, 0.1) is 0 Å². The highest BCUT2D eigenvalue weighted by molar-refractivity contribution is 7.22. The Labute approximate surface area is 141 Å². The lowest BCUT2D eigenvalue weighted by molar-refractivity contribution is 0.0695. The maximum atomic E-state index is 12.4. The molecule has 0 atom stereocenters. The van der Waals surface area contributed by atoms with Gasteiger partial charge in [0.2, 0.25) is 5.43 Å². The molecule has 24 heavy (non-hydrogen) atoms. The Morgan fingerprint density at radius 3 is 2.62 bits per heavy atom. The van der Waals surface area contributed by atoms with Gasteiger partial charge in [-0.3, -0.25) is 4.79 Å². The van der Waals surface area contributed by atoms with Crippen molar-refractivity contribution < 1.29 is 14.6 Å². The topological polar surface area (TPSA) is 80.6 Å². The molecule has 0 unspecified atom stereocenters. The minimum absolute atomic E-state index is 0.210. The second-order valence-corrected chi connectivity index (χ2v) is 6.18. The first-order valence-electron chi connectivity index (χ1n) is 7.35. The van der Waals surface area contributed by atoms with E-state index >= 15 is 0 Å². The summed E-state index contributed by atoms with van der Waals surface area (Å²) in [5, 5.41) is 13.6. The van der Waals surface area contributed by atoms with E-state index in [-0.39, 0.29) is 5.56 Å². The number of thiophene rings is 1. The van der Waals surface area contributed by atoms with Gasteiger partial charge in [0.15, 0.2) is 0 Å². The number of nitrogens with one attached hydrogen (secondary N) is 1. The molecule has 0 aliphatic heterocycles. The normalized spacial score (nSPS) is 10.8. The van der Waals surface area contributed by atoms with Crippen LogP contribution in [0.25, 0.3) is 10.2 Å². The predicted molar refractivity (Wildman–Crippen MR) is 95.0 cm³/mol. The van der Waals surface area contributed by atoms with Gasteiger partial charge in [-0.1, -0.05) is 11.3 Å². The molecule has 0 aliphatic rings. The molecule has 124 valence electrons. The molecule has 0 radical (unpaired) electrons. The lowest BCUT2D eigenvalue weighted by Gasteiger charge is -2.06. The van der Waals surface area contributed by atoms with Gasteiger partial charge in [-0.2, -0.15) is 0 Å². The quantitative estimate of drug-likeness (QED) is 0.740. The molecule has 0 saturated heterocycles. The summed E-state index contributed by atoms with van der Waals surface area (Å²) in [5.74, 6) is -0.450. The van der Waals surface area contributed by atoms with E-state index in [0.29, 0.717) is 11.9 Å². The summed E-state index contributed by atoms with van der Waals surface area (Å²) >= 11 is 1.42. The molecule has 3 rings (SSSR count). The monoisotopic (exact) mass is 344 g/mol. The molecule has 2 aromatic heterocycles. The van der Waals surface area contributed by atoms with E-state index in [0.717, 1.165) is 21.3 Å². The van der Waals surface area contributed by atoms with Gasteiger partial charge in [-0.25, -0.2) is 4.79 Å². The number of methoxy groups -OCH3 is 1. The number of aromatic carboxylic acids is 1. The number of aromatic nitrogens is 1. The van der Waals surface area contributed by atoms with Gasteiger partial charge < -0.3 is 19.7 Å². The Hall–Kier alpha value is -2.80. The standard InChI is InChI=1S/C17H16N2O4S/c1-3-19-9-13(17(21)22)15(20)12-8-14(24-16(12)19)18-10-4-6-11(23-2)7-5-10/h4-9,18H,3H2,1-2H3,(H,21,22). The number of benzene rings is 1. The van der Waals surface area contributed by atoms with Gasteiger partial charge >= 0.3 is 5.97 Å². The van der Waals surface area contributed by atoms with E-state index in [9.17, 15) is 14.7 Å². The van der Waals surface area contributed by atoms with Gasteiger partial charge in [-0.05, 0) is 37.3 Å². The highest BCUT2D eigenvalue weighted by Crippen LogP contribution is 2.31. The van der Waals surface area contributed by atoms with E-state index in [1.165, 1.54) is 17.5 Å². The van der Waals surface area contributed by atoms with Gasteiger partial charge in [0, 0.05) is 18.4 Å². The molecule has 2 heterocycles. The number of fused-ring (bicyclic) bond motifs is 1.